The maximum absolute atomic E-state index is 9.15. The van der Waals surface area contributed by atoms with Crippen LogP contribution < -0.4 is 10.1 Å². The van der Waals surface area contributed by atoms with Crippen LogP contribution in [-0.4, -0.2) is 11.2 Å². The van der Waals surface area contributed by atoms with Crippen LogP contribution in [0.15, 0.2) is 48.5 Å². The van der Waals surface area contributed by atoms with Crippen LogP contribution in [0, 0.1) is 0 Å². The standard InChI is InChI=1S/C19H25NO2/c1-3-15(2)22-19-9-5-7-17(11-19)13-20-12-16-6-4-8-18(10-16)14-21/h4-11,15,20-21H,3,12-14H2,1-2H3. The van der Waals surface area contributed by atoms with Crippen LogP contribution in [0.25, 0.3) is 0 Å². The molecule has 0 aromatic heterocycles. The Morgan fingerprint density at radius 1 is 1.00 bits per heavy atom. The third-order valence-corrected chi connectivity index (χ3v) is 3.64. The zero-order valence-corrected chi connectivity index (χ0v) is 13.4. The summed E-state index contributed by atoms with van der Waals surface area (Å²) >= 11 is 0. The van der Waals surface area contributed by atoms with Gasteiger partial charge in [0.25, 0.3) is 0 Å². The molecule has 2 aromatic rings. The number of aliphatic hydroxyl groups excluding tert-OH is 1. The summed E-state index contributed by atoms with van der Waals surface area (Å²) in [5, 5.41) is 12.6. The third-order valence-electron chi connectivity index (χ3n) is 3.64. The van der Waals surface area contributed by atoms with Crippen LogP contribution in [0.1, 0.15) is 37.0 Å². The number of benzene rings is 2. The van der Waals surface area contributed by atoms with E-state index in [0.717, 1.165) is 30.8 Å². The van der Waals surface area contributed by atoms with Crippen molar-refractivity contribution in [1.29, 1.82) is 0 Å². The van der Waals surface area contributed by atoms with Gasteiger partial charge < -0.3 is 15.2 Å². The van der Waals surface area contributed by atoms with Gasteiger partial charge in [0.2, 0.25) is 0 Å². The molecule has 0 aliphatic heterocycles. The van der Waals surface area contributed by atoms with Gasteiger partial charge in [-0.25, -0.2) is 0 Å². The smallest absolute Gasteiger partial charge is 0.120 e. The van der Waals surface area contributed by atoms with Crippen molar-refractivity contribution in [3.05, 3.63) is 65.2 Å². The predicted molar refractivity (Wildman–Crippen MR) is 89.7 cm³/mol. The van der Waals surface area contributed by atoms with Gasteiger partial charge >= 0.3 is 0 Å². The monoisotopic (exact) mass is 299 g/mol. The number of ether oxygens (including phenoxy) is 1. The fourth-order valence-electron chi connectivity index (χ4n) is 2.23. The summed E-state index contributed by atoms with van der Waals surface area (Å²) in [5.74, 6) is 0.927. The fourth-order valence-corrected chi connectivity index (χ4v) is 2.23. The minimum atomic E-state index is 0.0861. The third kappa shape index (κ3) is 5.17. The van der Waals surface area contributed by atoms with Gasteiger partial charge in [-0.2, -0.15) is 0 Å². The highest BCUT2D eigenvalue weighted by molar-refractivity contribution is 5.29. The summed E-state index contributed by atoms with van der Waals surface area (Å²) in [7, 11) is 0. The minimum Gasteiger partial charge on any atom is -0.491 e. The molecule has 0 heterocycles. The summed E-state index contributed by atoms with van der Waals surface area (Å²) in [4.78, 5) is 0. The van der Waals surface area contributed by atoms with Crippen molar-refractivity contribution < 1.29 is 9.84 Å². The first-order chi connectivity index (χ1) is 10.7. The van der Waals surface area contributed by atoms with Crippen LogP contribution >= 0.6 is 0 Å². The molecule has 2 N–H and O–H groups in total. The molecular weight excluding hydrogens is 274 g/mol. The SMILES string of the molecule is CCC(C)Oc1cccc(CNCc2cccc(CO)c2)c1. The highest BCUT2D eigenvalue weighted by Gasteiger charge is 2.02. The van der Waals surface area contributed by atoms with Gasteiger partial charge in [-0.1, -0.05) is 43.3 Å². The van der Waals surface area contributed by atoms with Crippen molar-refractivity contribution in [2.24, 2.45) is 0 Å². The Morgan fingerprint density at radius 2 is 1.64 bits per heavy atom. The quantitative estimate of drug-likeness (QED) is 0.782. The first kappa shape index (κ1) is 16.5. The van der Waals surface area contributed by atoms with E-state index in [9.17, 15) is 0 Å². The molecule has 0 saturated heterocycles. The van der Waals surface area contributed by atoms with Gasteiger partial charge in [-0.05, 0) is 42.2 Å². The molecule has 0 aliphatic carbocycles. The molecule has 0 radical (unpaired) electrons. The molecular formula is C19H25NO2. The summed E-state index contributed by atoms with van der Waals surface area (Å²) in [6.45, 7) is 5.86. The van der Waals surface area contributed by atoms with E-state index in [1.165, 1.54) is 11.1 Å². The molecule has 0 fully saturated rings. The van der Waals surface area contributed by atoms with E-state index in [1.807, 2.05) is 30.3 Å². The zero-order chi connectivity index (χ0) is 15.8. The molecule has 3 nitrogen and oxygen atoms in total. The molecule has 118 valence electrons. The van der Waals surface area contributed by atoms with Gasteiger partial charge in [0.05, 0.1) is 12.7 Å². The molecule has 3 heteroatoms. The first-order valence-electron chi connectivity index (χ1n) is 7.86. The van der Waals surface area contributed by atoms with Gasteiger partial charge in [-0.15, -0.1) is 0 Å². The molecule has 1 unspecified atom stereocenters. The number of hydrogen-bond donors (Lipinski definition) is 2. The summed E-state index contributed by atoms with van der Waals surface area (Å²) < 4.78 is 5.84. The lowest BCUT2D eigenvalue weighted by atomic mass is 10.1. The second-order valence-corrected chi connectivity index (χ2v) is 5.57. The van der Waals surface area contributed by atoms with E-state index in [-0.39, 0.29) is 12.7 Å². The topological polar surface area (TPSA) is 41.5 Å². The molecule has 1 atom stereocenters. The van der Waals surface area contributed by atoms with E-state index >= 15 is 0 Å². The Hall–Kier alpha value is -1.84. The lowest BCUT2D eigenvalue weighted by Gasteiger charge is -2.13. The average molecular weight is 299 g/mol. The van der Waals surface area contributed by atoms with Crippen LogP contribution in [-0.2, 0) is 19.7 Å². The van der Waals surface area contributed by atoms with Gasteiger partial charge in [0.1, 0.15) is 5.75 Å². The Balaban J connectivity index is 1.87. The largest absolute Gasteiger partial charge is 0.491 e. The van der Waals surface area contributed by atoms with E-state index < -0.39 is 0 Å². The summed E-state index contributed by atoms with van der Waals surface area (Å²) in [6, 6.07) is 16.2. The van der Waals surface area contributed by atoms with Crippen LogP contribution in [0.5, 0.6) is 5.75 Å². The molecule has 22 heavy (non-hydrogen) atoms. The summed E-state index contributed by atoms with van der Waals surface area (Å²) in [5.41, 5.74) is 3.33. The van der Waals surface area contributed by atoms with Gasteiger partial charge in [0, 0.05) is 13.1 Å². The average Bonchev–Trinajstić information content (AvgIpc) is 2.55. The first-order valence-corrected chi connectivity index (χ1v) is 7.86. The van der Waals surface area contributed by atoms with E-state index in [1.54, 1.807) is 0 Å². The molecule has 0 spiro atoms. The fraction of sp³-hybridized carbons (Fsp3) is 0.368. The highest BCUT2D eigenvalue weighted by Crippen LogP contribution is 2.16. The van der Waals surface area contributed by atoms with Crippen molar-refractivity contribution in [2.75, 3.05) is 0 Å². The minimum absolute atomic E-state index is 0.0861. The van der Waals surface area contributed by atoms with Crippen LogP contribution in [0.4, 0.5) is 0 Å². The van der Waals surface area contributed by atoms with E-state index in [2.05, 4.69) is 37.4 Å². The molecule has 0 aliphatic rings. The van der Waals surface area contributed by atoms with E-state index in [0.29, 0.717) is 0 Å². The molecule has 2 aromatic carbocycles. The predicted octanol–water partition coefficient (Wildman–Crippen LogP) is 3.65. The second kappa shape index (κ2) is 8.57. The molecule has 0 amide bonds. The Bertz CT molecular complexity index is 583. The maximum Gasteiger partial charge on any atom is 0.120 e. The Labute approximate surface area is 133 Å². The Kier molecular flexibility index (Phi) is 6.44. The van der Waals surface area contributed by atoms with Crippen molar-refractivity contribution in [3.8, 4) is 5.75 Å². The normalized spacial score (nSPS) is 12.1. The number of hydrogen-bond acceptors (Lipinski definition) is 3. The lowest BCUT2D eigenvalue weighted by Crippen LogP contribution is -2.13. The highest BCUT2D eigenvalue weighted by atomic mass is 16.5. The molecule has 0 saturated carbocycles. The van der Waals surface area contributed by atoms with Crippen molar-refractivity contribution in [2.45, 2.75) is 46.1 Å². The summed E-state index contributed by atoms with van der Waals surface area (Å²) in [6.07, 6.45) is 1.24. The Morgan fingerprint density at radius 3 is 2.32 bits per heavy atom. The zero-order valence-electron chi connectivity index (χ0n) is 13.4. The number of nitrogens with one attached hydrogen (secondary N) is 1. The number of aliphatic hydroxyl groups is 1. The maximum atomic E-state index is 9.15. The number of rotatable bonds is 8. The van der Waals surface area contributed by atoms with Crippen LogP contribution in [0.2, 0.25) is 0 Å². The van der Waals surface area contributed by atoms with Gasteiger partial charge in [-0.3, -0.25) is 0 Å². The van der Waals surface area contributed by atoms with Crippen LogP contribution in [0.3, 0.4) is 0 Å². The lowest BCUT2D eigenvalue weighted by molar-refractivity contribution is 0.217. The molecule has 0 bridgehead atoms. The van der Waals surface area contributed by atoms with Crippen molar-refractivity contribution in [3.63, 3.8) is 0 Å². The molecule has 2 rings (SSSR count). The van der Waals surface area contributed by atoms with Crippen molar-refractivity contribution in [1.82, 2.24) is 5.32 Å². The van der Waals surface area contributed by atoms with E-state index in [4.69, 9.17) is 9.84 Å². The van der Waals surface area contributed by atoms with Crippen molar-refractivity contribution >= 4 is 0 Å². The van der Waals surface area contributed by atoms with Gasteiger partial charge in [0.15, 0.2) is 0 Å². The second-order valence-electron chi connectivity index (χ2n) is 5.57.